The van der Waals surface area contributed by atoms with E-state index in [2.05, 4.69) is 10.3 Å². The van der Waals surface area contributed by atoms with Gasteiger partial charge >= 0.3 is 0 Å². The summed E-state index contributed by atoms with van der Waals surface area (Å²) < 4.78 is 25.9. The molecule has 0 saturated carbocycles. The Labute approximate surface area is 199 Å². The molecule has 0 saturated heterocycles. The minimum absolute atomic E-state index is 0.212. The predicted octanol–water partition coefficient (Wildman–Crippen LogP) is 5.70. The number of fused-ring (bicyclic) bond motifs is 1. The van der Waals surface area contributed by atoms with Gasteiger partial charge in [-0.15, -0.1) is 0 Å². The minimum atomic E-state index is -2.72. The molecule has 0 fully saturated rings. The second kappa shape index (κ2) is 10.1. The van der Waals surface area contributed by atoms with Gasteiger partial charge in [-0.25, -0.2) is 0 Å². The van der Waals surface area contributed by atoms with Crippen LogP contribution in [0.25, 0.3) is 10.9 Å². The number of nitrogens with zero attached hydrogens (tertiary/aromatic N) is 2. The molecule has 0 spiro atoms. The van der Waals surface area contributed by atoms with Crippen molar-refractivity contribution >= 4 is 51.1 Å². The van der Waals surface area contributed by atoms with Crippen molar-refractivity contribution in [3.63, 3.8) is 0 Å². The van der Waals surface area contributed by atoms with Gasteiger partial charge in [0, 0.05) is 11.6 Å². The van der Waals surface area contributed by atoms with Gasteiger partial charge in [0.05, 0.1) is 44.8 Å². The summed E-state index contributed by atoms with van der Waals surface area (Å²) >= 11 is 3.57. The number of pyridine rings is 1. The number of benzene rings is 3. The van der Waals surface area contributed by atoms with Crippen LogP contribution in [0.2, 0.25) is 5.02 Å². The van der Waals surface area contributed by atoms with E-state index in [4.69, 9.17) is 11.6 Å². The SMILES string of the molecule is CCC(NC(=O)c1ccccc1N(c1cccc2c(Cl)ccnc12)S(=O)[O-])c1ccccc1. The van der Waals surface area contributed by atoms with Gasteiger partial charge in [0.2, 0.25) is 0 Å². The number of anilines is 2. The van der Waals surface area contributed by atoms with E-state index in [9.17, 15) is 13.6 Å². The van der Waals surface area contributed by atoms with Gasteiger partial charge in [-0.2, -0.15) is 0 Å². The number of halogens is 1. The van der Waals surface area contributed by atoms with Gasteiger partial charge in [0.1, 0.15) is 0 Å². The largest absolute Gasteiger partial charge is 0.755 e. The van der Waals surface area contributed by atoms with Gasteiger partial charge in [-0.1, -0.05) is 73.1 Å². The molecule has 0 aliphatic carbocycles. The molecule has 4 aromatic rings. The van der Waals surface area contributed by atoms with E-state index in [0.717, 1.165) is 9.87 Å². The van der Waals surface area contributed by atoms with E-state index < -0.39 is 11.3 Å². The van der Waals surface area contributed by atoms with E-state index in [1.807, 2.05) is 37.3 Å². The minimum Gasteiger partial charge on any atom is -0.755 e. The molecule has 3 aromatic carbocycles. The van der Waals surface area contributed by atoms with Crippen LogP contribution in [-0.2, 0) is 11.3 Å². The molecule has 0 bridgehead atoms. The molecule has 1 heterocycles. The third-order valence-corrected chi connectivity index (χ3v) is 6.37. The highest BCUT2D eigenvalue weighted by molar-refractivity contribution is 7.81. The lowest BCUT2D eigenvalue weighted by atomic mass is 10.0. The first kappa shape index (κ1) is 22.9. The molecular formula is C25H21ClN3O3S-. The molecule has 2 unspecified atom stereocenters. The molecule has 2 atom stereocenters. The Morgan fingerprint density at radius 1 is 1.03 bits per heavy atom. The fraction of sp³-hybridized carbons (Fsp3) is 0.120. The van der Waals surface area contributed by atoms with E-state index in [1.54, 1.807) is 48.5 Å². The van der Waals surface area contributed by atoms with Crippen molar-refractivity contribution in [2.45, 2.75) is 19.4 Å². The zero-order valence-electron chi connectivity index (χ0n) is 17.8. The summed E-state index contributed by atoms with van der Waals surface area (Å²) in [6.07, 6.45) is 2.20. The molecule has 0 radical (unpaired) electrons. The Hall–Kier alpha value is -3.26. The molecule has 1 aromatic heterocycles. The predicted molar refractivity (Wildman–Crippen MR) is 131 cm³/mol. The number of rotatable bonds is 7. The fourth-order valence-electron chi connectivity index (χ4n) is 3.77. The van der Waals surface area contributed by atoms with Crippen LogP contribution in [-0.4, -0.2) is 19.7 Å². The van der Waals surface area contributed by atoms with Crippen molar-refractivity contribution < 1.29 is 13.6 Å². The highest BCUT2D eigenvalue weighted by Crippen LogP contribution is 2.36. The van der Waals surface area contributed by atoms with E-state index in [-0.39, 0.29) is 23.2 Å². The Morgan fingerprint density at radius 3 is 2.45 bits per heavy atom. The summed E-state index contributed by atoms with van der Waals surface area (Å²) in [5.74, 6) is -0.372. The normalized spacial score (nSPS) is 12.8. The summed E-state index contributed by atoms with van der Waals surface area (Å²) in [4.78, 5) is 17.7. The fourth-order valence-corrected chi connectivity index (χ4v) is 4.60. The number of nitrogens with one attached hydrogen (secondary N) is 1. The smallest absolute Gasteiger partial charge is 0.253 e. The zero-order valence-corrected chi connectivity index (χ0v) is 19.3. The monoisotopic (exact) mass is 478 g/mol. The van der Waals surface area contributed by atoms with Crippen LogP contribution in [0.3, 0.4) is 0 Å². The van der Waals surface area contributed by atoms with Crippen LogP contribution >= 0.6 is 11.6 Å². The first-order chi connectivity index (χ1) is 16.0. The Balaban J connectivity index is 1.78. The van der Waals surface area contributed by atoms with Crippen LogP contribution in [0, 0.1) is 0 Å². The maximum Gasteiger partial charge on any atom is 0.253 e. The highest BCUT2D eigenvalue weighted by atomic mass is 35.5. The molecule has 168 valence electrons. The average Bonchev–Trinajstić information content (AvgIpc) is 2.84. The quantitative estimate of drug-likeness (QED) is 0.345. The molecule has 1 N–H and O–H groups in total. The van der Waals surface area contributed by atoms with Crippen molar-refractivity contribution in [3.8, 4) is 0 Å². The second-order valence-electron chi connectivity index (χ2n) is 7.34. The molecule has 0 aliphatic rings. The first-order valence-corrected chi connectivity index (χ1v) is 11.8. The topological polar surface area (TPSA) is 85.4 Å². The first-order valence-electron chi connectivity index (χ1n) is 10.4. The number of aromatic nitrogens is 1. The van der Waals surface area contributed by atoms with Crippen molar-refractivity contribution in [2.75, 3.05) is 4.31 Å². The Kier molecular flexibility index (Phi) is 7.03. The number of amides is 1. The van der Waals surface area contributed by atoms with Crippen molar-refractivity contribution in [1.82, 2.24) is 10.3 Å². The number of hydrogen-bond acceptors (Lipinski definition) is 4. The van der Waals surface area contributed by atoms with Crippen LogP contribution in [0.15, 0.2) is 85.1 Å². The molecule has 8 heteroatoms. The van der Waals surface area contributed by atoms with Crippen molar-refractivity contribution in [1.29, 1.82) is 0 Å². The maximum absolute atomic E-state index is 13.3. The van der Waals surface area contributed by atoms with Gasteiger partial charge < -0.3 is 9.87 Å². The van der Waals surface area contributed by atoms with E-state index >= 15 is 0 Å². The second-order valence-corrected chi connectivity index (χ2v) is 8.55. The summed E-state index contributed by atoms with van der Waals surface area (Å²) in [6.45, 7) is 1.98. The van der Waals surface area contributed by atoms with Crippen LogP contribution in [0.5, 0.6) is 0 Å². The third-order valence-electron chi connectivity index (χ3n) is 5.35. The highest BCUT2D eigenvalue weighted by Gasteiger charge is 2.23. The molecule has 4 rings (SSSR count). The van der Waals surface area contributed by atoms with Gasteiger partial charge in [0.25, 0.3) is 5.91 Å². The van der Waals surface area contributed by atoms with Crippen LogP contribution < -0.4 is 9.62 Å². The molecule has 33 heavy (non-hydrogen) atoms. The Bertz CT molecular complexity index is 1320. The lowest BCUT2D eigenvalue weighted by Crippen LogP contribution is -2.30. The molecular weight excluding hydrogens is 458 g/mol. The van der Waals surface area contributed by atoms with Gasteiger partial charge in [0.15, 0.2) is 0 Å². The Morgan fingerprint density at radius 2 is 1.73 bits per heavy atom. The summed E-state index contributed by atoms with van der Waals surface area (Å²) in [7, 11) is 0. The molecule has 1 amide bonds. The standard InChI is InChI=1S/C25H22ClN3O3S/c1-2-21(17-9-4-3-5-10-17)28-25(30)19-11-6-7-13-22(19)29(33(31)32)23-14-8-12-18-20(26)15-16-27-24(18)23/h3-16,21H,2H2,1H3,(H,28,30)(H,31,32)/p-1. The van der Waals surface area contributed by atoms with E-state index in [0.29, 0.717) is 28.0 Å². The third kappa shape index (κ3) is 4.75. The number of hydrogen-bond donors (Lipinski definition) is 1. The summed E-state index contributed by atoms with van der Waals surface area (Å²) in [5, 5.41) is 4.10. The van der Waals surface area contributed by atoms with Gasteiger partial charge in [-0.3, -0.25) is 18.3 Å². The van der Waals surface area contributed by atoms with Crippen molar-refractivity contribution in [3.05, 3.63) is 101 Å². The average molecular weight is 479 g/mol. The number of carbonyl (C=O) groups is 1. The van der Waals surface area contributed by atoms with Crippen molar-refractivity contribution in [2.24, 2.45) is 0 Å². The van der Waals surface area contributed by atoms with Crippen LogP contribution in [0.1, 0.15) is 35.3 Å². The molecule has 0 aliphatic heterocycles. The van der Waals surface area contributed by atoms with Crippen LogP contribution in [0.4, 0.5) is 11.4 Å². The van der Waals surface area contributed by atoms with Gasteiger partial charge in [-0.05, 0) is 36.2 Å². The maximum atomic E-state index is 13.3. The zero-order chi connectivity index (χ0) is 23.4. The summed E-state index contributed by atoms with van der Waals surface area (Å²) in [5.41, 5.74) is 2.15. The lowest BCUT2D eigenvalue weighted by molar-refractivity contribution is 0.0936. The number of para-hydroxylation sites is 2. The summed E-state index contributed by atoms with van der Waals surface area (Å²) in [6, 6.07) is 22.8. The lowest BCUT2D eigenvalue weighted by Gasteiger charge is -2.29. The van der Waals surface area contributed by atoms with E-state index in [1.165, 1.54) is 6.20 Å². The number of carbonyl (C=O) groups excluding carboxylic acids is 1. The molecule has 6 nitrogen and oxygen atoms in total.